The lowest BCUT2D eigenvalue weighted by Gasteiger charge is -2.05. The monoisotopic (exact) mass is 191 g/mol. The van der Waals surface area contributed by atoms with Crippen LogP contribution in [-0.4, -0.2) is 12.1 Å². The van der Waals surface area contributed by atoms with Gasteiger partial charge in [-0.2, -0.15) is 4.98 Å². The third kappa shape index (κ3) is 1.69. The van der Waals surface area contributed by atoms with Gasteiger partial charge < -0.3 is 13.9 Å². The van der Waals surface area contributed by atoms with Crippen molar-refractivity contribution in [1.82, 2.24) is 4.98 Å². The molecular formula is C10H9NO3. The largest absolute Gasteiger partial charge is 0.493 e. The molecule has 0 aliphatic carbocycles. The van der Waals surface area contributed by atoms with Crippen LogP contribution in [0.4, 0.5) is 0 Å². The van der Waals surface area contributed by atoms with E-state index in [1.807, 2.05) is 12.1 Å². The first-order chi connectivity index (χ1) is 6.90. The van der Waals surface area contributed by atoms with Gasteiger partial charge in [0.1, 0.15) is 6.26 Å². The lowest BCUT2D eigenvalue weighted by Crippen LogP contribution is -1.89. The zero-order chi connectivity index (χ0) is 9.80. The Morgan fingerprint density at radius 3 is 2.64 bits per heavy atom. The third-order valence-electron chi connectivity index (χ3n) is 1.68. The molecule has 1 heterocycles. The fourth-order valence-electron chi connectivity index (χ4n) is 1.06. The minimum absolute atomic E-state index is 0.203. The Morgan fingerprint density at radius 2 is 2.00 bits per heavy atom. The number of para-hydroxylation sites is 2. The van der Waals surface area contributed by atoms with E-state index < -0.39 is 0 Å². The average molecular weight is 191 g/mol. The molecular weight excluding hydrogens is 182 g/mol. The molecule has 0 bridgehead atoms. The Hall–Kier alpha value is -1.97. The van der Waals surface area contributed by atoms with E-state index in [0.717, 1.165) is 0 Å². The molecule has 1 aromatic carbocycles. The summed E-state index contributed by atoms with van der Waals surface area (Å²) in [4.78, 5) is 3.84. The van der Waals surface area contributed by atoms with Crippen LogP contribution < -0.4 is 9.47 Å². The summed E-state index contributed by atoms with van der Waals surface area (Å²) in [5.41, 5.74) is 0. The molecule has 4 heteroatoms. The molecule has 72 valence electrons. The highest BCUT2D eigenvalue weighted by atomic mass is 16.6. The van der Waals surface area contributed by atoms with Crippen molar-refractivity contribution in [3.05, 3.63) is 36.7 Å². The molecule has 2 rings (SSSR count). The van der Waals surface area contributed by atoms with Crippen LogP contribution in [-0.2, 0) is 0 Å². The number of hydrogen-bond donors (Lipinski definition) is 0. The van der Waals surface area contributed by atoms with Crippen molar-refractivity contribution in [1.29, 1.82) is 0 Å². The van der Waals surface area contributed by atoms with Crippen molar-refractivity contribution in [3.63, 3.8) is 0 Å². The summed E-state index contributed by atoms with van der Waals surface area (Å²) < 4.78 is 15.4. The lowest BCUT2D eigenvalue weighted by atomic mass is 10.3. The van der Waals surface area contributed by atoms with E-state index in [1.54, 1.807) is 19.2 Å². The quantitative estimate of drug-likeness (QED) is 0.747. The van der Waals surface area contributed by atoms with Crippen LogP contribution in [0.25, 0.3) is 0 Å². The number of methoxy groups -OCH3 is 1. The Balaban J connectivity index is 2.24. The maximum absolute atomic E-state index is 5.34. The van der Waals surface area contributed by atoms with E-state index in [9.17, 15) is 0 Å². The smallest absolute Gasteiger partial charge is 0.399 e. The van der Waals surface area contributed by atoms with Crippen LogP contribution in [0, 0.1) is 0 Å². The Kier molecular flexibility index (Phi) is 2.36. The predicted octanol–water partition coefficient (Wildman–Crippen LogP) is 2.48. The molecule has 0 radical (unpaired) electrons. The molecule has 14 heavy (non-hydrogen) atoms. The van der Waals surface area contributed by atoms with Crippen molar-refractivity contribution >= 4 is 0 Å². The highest BCUT2D eigenvalue weighted by Crippen LogP contribution is 2.29. The van der Waals surface area contributed by atoms with Crippen LogP contribution in [0.2, 0.25) is 0 Å². The Labute approximate surface area is 81.1 Å². The summed E-state index contributed by atoms with van der Waals surface area (Å²) in [5.74, 6) is 1.23. The molecule has 0 aliphatic rings. The van der Waals surface area contributed by atoms with E-state index in [0.29, 0.717) is 11.5 Å². The topological polar surface area (TPSA) is 44.5 Å². The second-order valence-corrected chi connectivity index (χ2v) is 2.55. The average Bonchev–Trinajstić information content (AvgIpc) is 2.71. The fraction of sp³-hybridized carbons (Fsp3) is 0.100. The molecule has 2 aromatic rings. The highest BCUT2D eigenvalue weighted by Gasteiger charge is 2.06. The van der Waals surface area contributed by atoms with Gasteiger partial charge in [-0.15, -0.1) is 0 Å². The maximum atomic E-state index is 5.34. The molecule has 4 nitrogen and oxygen atoms in total. The molecule has 0 atom stereocenters. The first-order valence-electron chi connectivity index (χ1n) is 4.10. The minimum Gasteiger partial charge on any atom is -0.493 e. The summed E-state index contributed by atoms with van der Waals surface area (Å²) in [7, 11) is 1.58. The number of benzene rings is 1. The van der Waals surface area contributed by atoms with Crippen LogP contribution in [0.1, 0.15) is 0 Å². The molecule has 0 amide bonds. The van der Waals surface area contributed by atoms with E-state index in [1.165, 1.54) is 12.5 Å². The molecule has 0 spiro atoms. The standard InChI is InChI=1S/C10H9NO3/c1-12-8-4-2-3-5-9(8)14-10-11-6-7-13-10/h2-7H,1H3. The Bertz CT molecular complexity index is 398. The highest BCUT2D eigenvalue weighted by molar-refractivity contribution is 5.40. The zero-order valence-electron chi connectivity index (χ0n) is 7.64. The molecule has 0 saturated carbocycles. The number of aromatic nitrogens is 1. The fourth-order valence-corrected chi connectivity index (χ4v) is 1.06. The Morgan fingerprint density at radius 1 is 1.21 bits per heavy atom. The van der Waals surface area contributed by atoms with Gasteiger partial charge in [0.2, 0.25) is 0 Å². The van der Waals surface area contributed by atoms with Gasteiger partial charge in [0.05, 0.1) is 13.3 Å². The summed E-state index contributed by atoms with van der Waals surface area (Å²) in [6.07, 6.45) is 3.17. The van der Waals surface area contributed by atoms with Gasteiger partial charge >= 0.3 is 6.08 Å². The lowest BCUT2D eigenvalue weighted by molar-refractivity contribution is 0.310. The van der Waals surface area contributed by atoms with Gasteiger partial charge in [-0.05, 0) is 12.1 Å². The van der Waals surface area contributed by atoms with E-state index in [2.05, 4.69) is 4.98 Å². The van der Waals surface area contributed by atoms with Crippen molar-refractivity contribution < 1.29 is 13.9 Å². The molecule has 1 aromatic heterocycles. The molecule has 0 unspecified atom stereocenters. The summed E-state index contributed by atoms with van der Waals surface area (Å²) >= 11 is 0. The number of oxazole rings is 1. The van der Waals surface area contributed by atoms with Gasteiger partial charge in [-0.3, -0.25) is 0 Å². The molecule has 0 saturated heterocycles. The zero-order valence-corrected chi connectivity index (χ0v) is 7.64. The van der Waals surface area contributed by atoms with Crippen LogP contribution >= 0.6 is 0 Å². The van der Waals surface area contributed by atoms with Gasteiger partial charge in [-0.25, -0.2) is 0 Å². The van der Waals surface area contributed by atoms with Crippen LogP contribution in [0.15, 0.2) is 41.1 Å². The second-order valence-electron chi connectivity index (χ2n) is 2.55. The third-order valence-corrected chi connectivity index (χ3v) is 1.68. The number of ether oxygens (including phenoxy) is 2. The van der Waals surface area contributed by atoms with E-state index >= 15 is 0 Å². The van der Waals surface area contributed by atoms with Gasteiger partial charge in [-0.1, -0.05) is 12.1 Å². The van der Waals surface area contributed by atoms with Crippen LogP contribution in [0.5, 0.6) is 17.6 Å². The van der Waals surface area contributed by atoms with Crippen molar-refractivity contribution in [2.45, 2.75) is 0 Å². The van der Waals surface area contributed by atoms with Crippen molar-refractivity contribution in [3.8, 4) is 17.6 Å². The predicted molar refractivity (Wildman–Crippen MR) is 49.6 cm³/mol. The van der Waals surface area contributed by atoms with Crippen LogP contribution in [0.3, 0.4) is 0 Å². The van der Waals surface area contributed by atoms with E-state index in [4.69, 9.17) is 13.9 Å². The SMILES string of the molecule is COc1ccccc1Oc1ncco1. The number of nitrogens with zero attached hydrogens (tertiary/aromatic N) is 1. The number of hydrogen-bond acceptors (Lipinski definition) is 4. The molecule has 0 N–H and O–H groups in total. The van der Waals surface area contributed by atoms with Crippen molar-refractivity contribution in [2.24, 2.45) is 0 Å². The molecule has 0 aliphatic heterocycles. The summed E-state index contributed by atoms with van der Waals surface area (Å²) in [6.45, 7) is 0. The first-order valence-corrected chi connectivity index (χ1v) is 4.10. The normalized spacial score (nSPS) is 9.79. The van der Waals surface area contributed by atoms with Gasteiger partial charge in [0.15, 0.2) is 11.5 Å². The van der Waals surface area contributed by atoms with Crippen molar-refractivity contribution in [2.75, 3.05) is 7.11 Å². The summed E-state index contributed by atoms with van der Waals surface area (Å²) in [6, 6.07) is 7.29. The minimum atomic E-state index is 0.203. The second kappa shape index (κ2) is 3.83. The summed E-state index contributed by atoms with van der Waals surface area (Å²) in [5, 5.41) is 0. The van der Waals surface area contributed by atoms with Gasteiger partial charge in [0.25, 0.3) is 0 Å². The maximum Gasteiger partial charge on any atom is 0.399 e. The molecule has 0 fully saturated rings. The van der Waals surface area contributed by atoms with E-state index in [-0.39, 0.29) is 6.08 Å². The first kappa shape index (κ1) is 8.62. The van der Waals surface area contributed by atoms with Gasteiger partial charge in [0, 0.05) is 0 Å². The number of rotatable bonds is 3.